The van der Waals surface area contributed by atoms with Crippen molar-refractivity contribution in [2.45, 2.75) is 25.6 Å². The van der Waals surface area contributed by atoms with Crippen molar-refractivity contribution in [1.82, 2.24) is 10.8 Å². The van der Waals surface area contributed by atoms with E-state index < -0.39 is 0 Å². The highest BCUT2D eigenvalue weighted by Crippen LogP contribution is 2.12. The minimum absolute atomic E-state index is 0.144. The van der Waals surface area contributed by atoms with E-state index in [9.17, 15) is 9.59 Å². The Morgan fingerprint density at radius 2 is 2.05 bits per heavy atom. The van der Waals surface area contributed by atoms with Gasteiger partial charge in [0.05, 0.1) is 0 Å². The molecule has 0 spiro atoms. The number of hydroxylamine groups is 1. The van der Waals surface area contributed by atoms with E-state index in [0.717, 1.165) is 24.8 Å². The van der Waals surface area contributed by atoms with Gasteiger partial charge in [-0.2, -0.15) is 0 Å². The summed E-state index contributed by atoms with van der Waals surface area (Å²) in [5, 5.41) is 2.55. The van der Waals surface area contributed by atoms with Crippen LogP contribution in [0, 0.1) is 0 Å². The fourth-order valence-electron chi connectivity index (χ4n) is 2.02. The van der Waals surface area contributed by atoms with Crippen molar-refractivity contribution in [2.75, 3.05) is 13.7 Å². The van der Waals surface area contributed by atoms with E-state index in [4.69, 9.17) is 9.57 Å². The molecule has 0 aromatic heterocycles. The molecule has 0 saturated carbocycles. The number of carbonyl (C=O) groups excluding carboxylic acids is 2. The van der Waals surface area contributed by atoms with Crippen molar-refractivity contribution in [3.05, 3.63) is 41.5 Å². The van der Waals surface area contributed by atoms with E-state index >= 15 is 0 Å². The molecule has 1 aliphatic rings. The zero-order valence-corrected chi connectivity index (χ0v) is 12.5. The van der Waals surface area contributed by atoms with Crippen molar-refractivity contribution in [1.29, 1.82) is 0 Å². The number of carbonyl (C=O) groups is 2. The normalized spacial score (nSPS) is 18.1. The first-order valence-electron chi connectivity index (χ1n) is 7.26. The van der Waals surface area contributed by atoms with E-state index in [2.05, 4.69) is 10.8 Å². The van der Waals surface area contributed by atoms with Crippen LogP contribution in [0.1, 0.15) is 35.2 Å². The molecule has 22 heavy (non-hydrogen) atoms. The number of benzene rings is 1. The maximum atomic E-state index is 11.6. The maximum absolute atomic E-state index is 11.6. The van der Waals surface area contributed by atoms with Gasteiger partial charge in [-0.1, -0.05) is 12.1 Å². The van der Waals surface area contributed by atoms with Gasteiger partial charge in [-0.15, -0.1) is 0 Å². The van der Waals surface area contributed by atoms with Gasteiger partial charge in [0.15, 0.2) is 6.29 Å². The van der Waals surface area contributed by atoms with Crippen LogP contribution in [0.4, 0.5) is 0 Å². The molecule has 6 heteroatoms. The van der Waals surface area contributed by atoms with Crippen LogP contribution in [-0.2, 0) is 14.4 Å². The first kappa shape index (κ1) is 16.2. The summed E-state index contributed by atoms with van der Waals surface area (Å²) in [6, 6.07) is 6.92. The van der Waals surface area contributed by atoms with Crippen LogP contribution in [-0.4, -0.2) is 31.8 Å². The molecule has 1 unspecified atom stereocenters. The van der Waals surface area contributed by atoms with Gasteiger partial charge in [-0.05, 0) is 36.6 Å². The zero-order valence-electron chi connectivity index (χ0n) is 12.5. The second-order valence-corrected chi connectivity index (χ2v) is 4.91. The molecule has 1 aromatic carbocycles. The van der Waals surface area contributed by atoms with Crippen LogP contribution in [0.15, 0.2) is 30.3 Å². The SMILES string of the molecule is CNC(=O)c1ccc(C=CC(=O)NOC2CCCCO2)cc1. The summed E-state index contributed by atoms with van der Waals surface area (Å²) in [6.07, 6.45) is 5.50. The van der Waals surface area contributed by atoms with Crippen molar-refractivity contribution in [2.24, 2.45) is 0 Å². The Balaban J connectivity index is 1.80. The smallest absolute Gasteiger partial charge is 0.267 e. The lowest BCUT2D eigenvalue weighted by molar-refractivity contribution is -0.198. The van der Waals surface area contributed by atoms with Gasteiger partial charge in [0.1, 0.15) is 0 Å². The van der Waals surface area contributed by atoms with E-state index in [0.29, 0.717) is 12.2 Å². The summed E-state index contributed by atoms with van der Waals surface area (Å²) in [5.74, 6) is -0.501. The molecule has 1 fully saturated rings. The summed E-state index contributed by atoms with van der Waals surface area (Å²) in [4.78, 5) is 28.2. The first-order valence-corrected chi connectivity index (χ1v) is 7.26. The number of rotatable bonds is 5. The van der Waals surface area contributed by atoms with E-state index in [1.54, 1.807) is 37.4 Å². The summed E-state index contributed by atoms with van der Waals surface area (Å²) < 4.78 is 5.34. The van der Waals surface area contributed by atoms with Crippen molar-refractivity contribution in [3.63, 3.8) is 0 Å². The van der Waals surface area contributed by atoms with Gasteiger partial charge in [0.25, 0.3) is 11.8 Å². The standard InChI is InChI=1S/C16H20N2O4/c1-17-16(20)13-8-5-12(6-9-13)7-10-14(19)18-22-15-4-2-3-11-21-15/h5-10,15H,2-4,11H2,1H3,(H,17,20)(H,18,19). The van der Waals surface area contributed by atoms with Crippen molar-refractivity contribution in [3.8, 4) is 0 Å². The monoisotopic (exact) mass is 304 g/mol. The molecule has 6 nitrogen and oxygen atoms in total. The molecule has 1 aliphatic heterocycles. The average Bonchev–Trinajstić information content (AvgIpc) is 2.58. The topological polar surface area (TPSA) is 76.7 Å². The molecule has 2 rings (SSSR count). The Morgan fingerprint density at radius 1 is 1.27 bits per heavy atom. The van der Waals surface area contributed by atoms with Crippen LogP contribution < -0.4 is 10.8 Å². The summed E-state index contributed by atoms with van der Waals surface area (Å²) in [5.41, 5.74) is 3.73. The lowest BCUT2D eigenvalue weighted by Crippen LogP contribution is -2.32. The van der Waals surface area contributed by atoms with Crippen molar-refractivity contribution >= 4 is 17.9 Å². The van der Waals surface area contributed by atoms with Gasteiger partial charge in [0, 0.05) is 31.7 Å². The summed E-state index contributed by atoms with van der Waals surface area (Å²) in [7, 11) is 1.58. The molecule has 1 atom stereocenters. The Morgan fingerprint density at radius 3 is 2.68 bits per heavy atom. The second-order valence-electron chi connectivity index (χ2n) is 4.91. The fourth-order valence-corrected chi connectivity index (χ4v) is 2.02. The largest absolute Gasteiger partial charge is 0.355 e. The zero-order chi connectivity index (χ0) is 15.8. The highest BCUT2D eigenvalue weighted by Gasteiger charge is 2.14. The summed E-state index contributed by atoms with van der Waals surface area (Å²) >= 11 is 0. The van der Waals surface area contributed by atoms with Crippen LogP contribution in [0.2, 0.25) is 0 Å². The van der Waals surface area contributed by atoms with Crippen LogP contribution in [0.5, 0.6) is 0 Å². The van der Waals surface area contributed by atoms with Gasteiger partial charge in [-0.25, -0.2) is 10.3 Å². The third-order valence-corrected chi connectivity index (χ3v) is 3.26. The number of ether oxygens (including phenoxy) is 1. The van der Waals surface area contributed by atoms with Gasteiger partial charge < -0.3 is 10.1 Å². The molecule has 1 heterocycles. The predicted molar refractivity (Wildman–Crippen MR) is 81.7 cm³/mol. The Labute approximate surface area is 129 Å². The highest BCUT2D eigenvalue weighted by atomic mass is 16.8. The molecule has 0 bridgehead atoms. The van der Waals surface area contributed by atoms with Crippen LogP contribution in [0.3, 0.4) is 0 Å². The third-order valence-electron chi connectivity index (χ3n) is 3.26. The Kier molecular flexibility index (Phi) is 6.12. The average molecular weight is 304 g/mol. The second kappa shape index (κ2) is 8.31. The van der Waals surface area contributed by atoms with E-state index in [1.807, 2.05) is 0 Å². The number of amides is 2. The molecule has 1 aromatic rings. The van der Waals surface area contributed by atoms with Gasteiger partial charge in [-0.3, -0.25) is 9.59 Å². The Bertz CT molecular complexity index is 534. The van der Waals surface area contributed by atoms with Crippen LogP contribution in [0.25, 0.3) is 6.08 Å². The fraction of sp³-hybridized carbons (Fsp3) is 0.375. The number of nitrogens with one attached hydrogen (secondary N) is 2. The molecular weight excluding hydrogens is 284 g/mol. The quantitative estimate of drug-likeness (QED) is 0.640. The minimum Gasteiger partial charge on any atom is -0.355 e. The highest BCUT2D eigenvalue weighted by molar-refractivity contribution is 5.94. The van der Waals surface area contributed by atoms with Gasteiger partial charge >= 0.3 is 0 Å². The molecule has 0 radical (unpaired) electrons. The van der Waals surface area contributed by atoms with Crippen LogP contribution >= 0.6 is 0 Å². The minimum atomic E-state index is -0.363. The lowest BCUT2D eigenvalue weighted by atomic mass is 10.1. The Hall–Kier alpha value is -2.18. The van der Waals surface area contributed by atoms with Crippen molar-refractivity contribution < 1.29 is 19.2 Å². The van der Waals surface area contributed by atoms with E-state index in [1.165, 1.54) is 6.08 Å². The molecule has 1 saturated heterocycles. The maximum Gasteiger partial charge on any atom is 0.267 e. The lowest BCUT2D eigenvalue weighted by Gasteiger charge is -2.21. The molecule has 2 amide bonds. The molecule has 2 N–H and O–H groups in total. The molecule has 0 aliphatic carbocycles. The third kappa shape index (κ3) is 4.98. The summed E-state index contributed by atoms with van der Waals surface area (Å²) in [6.45, 7) is 0.661. The predicted octanol–water partition coefficient (Wildman–Crippen LogP) is 1.63. The van der Waals surface area contributed by atoms with E-state index in [-0.39, 0.29) is 18.1 Å². The molecular formula is C16H20N2O4. The first-order chi connectivity index (χ1) is 10.7. The molecule has 118 valence electrons. The number of hydrogen-bond donors (Lipinski definition) is 2. The van der Waals surface area contributed by atoms with Gasteiger partial charge in [0.2, 0.25) is 0 Å². The number of hydrogen-bond acceptors (Lipinski definition) is 4.